The average Bonchev–Trinajstić information content (AvgIpc) is 1.98. The third-order valence-electron chi connectivity index (χ3n) is 1.94. The van der Waals surface area contributed by atoms with Crippen molar-refractivity contribution in [2.75, 3.05) is 7.11 Å². The van der Waals surface area contributed by atoms with Crippen LogP contribution in [0.3, 0.4) is 0 Å². The zero-order valence-corrected chi connectivity index (χ0v) is 10.9. The van der Waals surface area contributed by atoms with E-state index in [1.54, 1.807) is 7.11 Å². The van der Waals surface area contributed by atoms with Crippen molar-refractivity contribution in [3.05, 3.63) is 0 Å². The Morgan fingerprint density at radius 1 is 1.23 bits per heavy atom. The molecule has 0 rings (SSSR count). The topological polar surface area (TPSA) is 18.5 Å². The number of rotatable bonds is 5. The van der Waals surface area contributed by atoms with E-state index in [4.69, 9.17) is 8.85 Å². The predicted molar refractivity (Wildman–Crippen MR) is 59.2 cm³/mol. The molecule has 1 atom stereocenters. The van der Waals surface area contributed by atoms with Gasteiger partial charge < -0.3 is 8.85 Å². The van der Waals surface area contributed by atoms with Crippen molar-refractivity contribution in [1.29, 1.82) is 0 Å². The first kappa shape index (κ1) is 13.1. The lowest BCUT2D eigenvalue weighted by Crippen LogP contribution is -2.43. The Labute approximate surface area is 83.9 Å². The van der Waals surface area contributed by atoms with Gasteiger partial charge in [0.2, 0.25) is 0 Å². The quantitative estimate of drug-likeness (QED) is 0.640. The molecule has 0 amide bonds. The predicted octanol–water partition coefficient (Wildman–Crippen LogP) is 3.32. The third-order valence-corrected chi connectivity index (χ3v) is 5.11. The van der Waals surface area contributed by atoms with Gasteiger partial charge in [-0.05, 0) is 33.4 Å². The first-order valence-electron chi connectivity index (χ1n) is 5.08. The molecule has 0 saturated heterocycles. The largest absolute Gasteiger partial charge is 0.398 e. The fourth-order valence-electron chi connectivity index (χ4n) is 1.34. The third kappa shape index (κ3) is 6.24. The van der Waals surface area contributed by atoms with Crippen LogP contribution in [0, 0.1) is 0 Å². The van der Waals surface area contributed by atoms with E-state index in [-0.39, 0.29) is 5.60 Å². The average molecular weight is 204 g/mol. The Morgan fingerprint density at radius 3 is 2.08 bits per heavy atom. The summed E-state index contributed by atoms with van der Waals surface area (Å²) in [6.45, 7) is 10.6. The SMILES string of the molecule is CCCC[Si](C)(OC)OC(C)(C)C. The van der Waals surface area contributed by atoms with Gasteiger partial charge in [0.1, 0.15) is 0 Å². The Balaban J connectivity index is 4.11. The Hall–Kier alpha value is 0.137. The molecular formula is C10H24O2Si. The van der Waals surface area contributed by atoms with E-state index in [9.17, 15) is 0 Å². The zero-order chi connectivity index (χ0) is 10.5. The van der Waals surface area contributed by atoms with Crippen molar-refractivity contribution in [2.45, 2.75) is 58.7 Å². The van der Waals surface area contributed by atoms with E-state index in [0.717, 1.165) is 6.04 Å². The van der Waals surface area contributed by atoms with E-state index >= 15 is 0 Å². The molecule has 2 nitrogen and oxygen atoms in total. The molecule has 0 aromatic heterocycles. The number of hydrogen-bond donors (Lipinski definition) is 0. The first-order valence-corrected chi connectivity index (χ1v) is 7.60. The second-order valence-corrected chi connectivity index (χ2v) is 8.04. The van der Waals surface area contributed by atoms with Crippen LogP contribution in [0.4, 0.5) is 0 Å². The van der Waals surface area contributed by atoms with Crippen molar-refractivity contribution in [3.63, 3.8) is 0 Å². The van der Waals surface area contributed by atoms with Crippen molar-refractivity contribution in [1.82, 2.24) is 0 Å². The molecule has 80 valence electrons. The summed E-state index contributed by atoms with van der Waals surface area (Å²) in [6, 6.07) is 1.09. The van der Waals surface area contributed by atoms with Crippen LogP contribution in [0.1, 0.15) is 40.5 Å². The van der Waals surface area contributed by atoms with E-state index in [1.807, 2.05) is 0 Å². The van der Waals surface area contributed by atoms with Gasteiger partial charge in [-0.3, -0.25) is 0 Å². The van der Waals surface area contributed by atoms with Gasteiger partial charge in [-0.1, -0.05) is 19.8 Å². The molecule has 0 aromatic rings. The smallest absolute Gasteiger partial charge is 0.335 e. The van der Waals surface area contributed by atoms with Crippen LogP contribution >= 0.6 is 0 Å². The molecule has 0 fully saturated rings. The monoisotopic (exact) mass is 204 g/mol. The van der Waals surface area contributed by atoms with E-state index in [0.29, 0.717) is 0 Å². The summed E-state index contributed by atoms with van der Waals surface area (Å²) in [4.78, 5) is 0. The van der Waals surface area contributed by atoms with Crippen LogP contribution in [0.25, 0.3) is 0 Å². The van der Waals surface area contributed by atoms with E-state index in [2.05, 4.69) is 34.2 Å². The minimum Gasteiger partial charge on any atom is -0.398 e. The molecule has 0 aliphatic carbocycles. The van der Waals surface area contributed by atoms with Crippen molar-refractivity contribution in [2.24, 2.45) is 0 Å². The van der Waals surface area contributed by atoms with Crippen LogP contribution in [-0.2, 0) is 8.85 Å². The Kier molecular flexibility index (Phi) is 5.18. The summed E-state index contributed by atoms with van der Waals surface area (Å²) in [6.07, 6.45) is 2.41. The molecule has 0 N–H and O–H groups in total. The summed E-state index contributed by atoms with van der Waals surface area (Å²) in [7, 11) is -0.108. The van der Waals surface area contributed by atoms with Gasteiger partial charge >= 0.3 is 8.56 Å². The van der Waals surface area contributed by atoms with Gasteiger partial charge in [0.05, 0.1) is 5.60 Å². The molecule has 1 unspecified atom stereocenters. The normalized spacial score (nSPS) is 17.1. The second-order valence-electron chi connectivity index (χ2n) is 4.66. The van der Waals surface area contributed by atoms with Gasteiger partial charge in [-0.15, -0.1) is 0 Å². The minimum atomic E-state index is -1.88. The highest BCUT2D eigenvalue weighted by atomic mass is 28.4. The van der Waals surface area contributed by atoms with Crippen LogP contribution < -0.4 is 0 Å². The van der Waals surface area contributed by atoms with Crippen LogP contribution in [0.2, 0.25) is 12.6 Å². The molecule has 0 bridgehead atoms. The molecule has 3 heteroatoms. The number of hydrogen-bond acceptors (Lipinski definition) is 2. The summed E-state index contributed by atoms with van der Waals surface area (Å²) >= 11 is 0. The lowest BCUT2D eigenvalue weighted by atomic mass is 10.2. The Bertz CT molecular complexity index is 142. The maximum atomic E-state index is 5.99. The van der Waals surface area contributed by atoms with Crippen LogP contribution in [0.15, 0.2) is 0 Å². The molecule has 0 saturated carbocycles. The van der Waals surface area contributed by atoms with Gasteiger partial charge in [-0.2, -0.15) is 0 Å². The van der Waals surface area contributed by atoms with E-state index in [1.165, 1.54) is 12.8 Å². The summed E-state index contributed by atoms with van der Waals surface area (Å²) < 4.78 is 11.5. The fourth-order valence-corrected chi connectivity index (χ4v) is 4.02. The standard InChI is InChI=1S/C10H24O2Si/c1-7-8-9-13(6,11-5)12-10(2,3)4/h7-9H2,1-6H3. The molecule has 0 aromatic carbocycles. The minimum absolute atomic E-state index is 0.0786. The lowest BCUT2D eigenvalue weighted by molar-refractivity contribution is 0.0759. The maximum absolute atomic E-state index is 5.99. The summed E-state index contributed by atoms with van der Waals surface area (Å²) in [5.41, 5.74) is -0.0786. The molecule has 0 aliphatic rings. The van der Waals surface area contributed by atoms with Gasteiger partial charge in [0.25, 0.3) is 0 Å². The highest BCUT2D eigenvalue weighted by Crippen LogP contribution is 2.22. The Morgan fingerprint density at radius 2 is 1.77 bits per heavy atom. The van der Waals surface area contributed by atoms with E-state index < -0.39 is 8.56 Å². The maximum Gasteiger partial charge on any atom is 0.335 e. The molecule has 0 spiro atoms. The van der Waals surface area contributed by atoms with Crippen LogP contribution in [-0.4, -0.2) is 21.3 Å². The molecular weight excluding hydrogens is 180 g/mol. The fraction of sp³-hybridized carbons (Fsp3) is 1.00. The highest BCUT2D eigenvalue weighted by Gasteiger charge is 2.34. The molecule has 13 heavy (non-hydrogen) atoms. The second kappa shape index (κ2) is 5.13. The van der Waals surface area contributed by atoms with Gasteiger partial charge in [0, 0.05) is 7.11 Å². The van der Waals surface area contributed by atoms with Crippen molar-refractivity contribution in [3.8, 4) is 0 Å². The van der Waals surface area contributed by atoms with Gasteiger partial charge in [-0.25, -0.2) is 0 Å². The summed E-state index contributed by atoms with van der Waals surface area (Å²) in [5, 5.41) is 0. The zero-order valence-electron chi connectivity index (χ0n) is 9.94. The van der Waals surface area contributed by atoms with Crippen molar-refractivity contribution >= 4 is 8.56 Å². The van der Waals surface area contributed by atoms with Crippen molar-refractivity contribution < 1.29 is 8.85 Å². The molecule has 0 radical (unpaired) electrons. The van der Waals surface area contributed by atoms with Gasteiger partial charge in [0.15, 0.2) is 0 Å². The van der Waals surface area contributed by atoms with Crippen LogP contribution in [0.5, 0.6) is 0 Å². The molecule has 0 aliphatic heterocycles. The first-order chi connectivity index (χ1) is 5.83. The lowest BCUT2D eigenvalue weighted by Gasteiger charge is -2.33. The highest BCUT2D eigenvalue weighted by molar-refractivity contribution is 6.66. The molecule has 0 heterocycles. The summed E-state index contributed by atoms with van der Waals surface area (Å²) in [5.74, 6) is 0. The number of unbranched alkanes of at least 4 members (excludes halogenated alkanes) is 1.